The van der Waals surface area contributed by atoms with E-state index >= 15 is 0 Å². The minimum Gasteiger partial charge on any atom is -0.228 e. The zero-order valence-corrected chi connectivity index (χ0v) is 7.26. The molecule has 0 atom stereocenters. The summed E-state index contributed by atoms with van der Waals surface area (Å²) in [6.07, 6.45) is 2.75. The highest BCUT2D eigenvalue weighted by Gasteiger charge is 1.85. The Morgan fingerprint density at radius 3 is 2.18 bits per heavy atom. The molecule has 1 rings (SSSR count). The number of aryl methyl sites for hydroxylation is 1. The Balaban J connectivity index is 0.000000292. The van der Waals surface area contributed by atoms with Gasteiger partial charge in [-0.1, -0.05) is 26.3 Å². The van der Waals surface area contributed by atoms with Crippen LogP contribution in [0.25, 0.3) is 0 Å². The first-order chi connectivity index (χ1) is 5.20. The van der Waals surface area contributed by atoms with Gasteiger partial charge in [-0.25, -0.2) is 4.98 Å². The van der Waals surface area contributed by atoms with Gasteiger partial charge in [0.1, 0.15) is 0 Å². The molecule has 0 spiro atoms. The van der Waals surface area contributed by atoms with Gasteiger partial charge in [-0.05, 0) is 18.6 Å². The molecular formula is C9H14FN. The van der Waals surface area contributed by atoms with E-state index in [0.29, 0.717) is 0 Å². The molecule has 1 nitrogen and oxygen atoms in total. The van der Waals surface area contributed by atoms with Crippen molar-refractivity contribution in [2.24, 2.45) is 0 Å². The summed E-state index contributed by atoms with van der Waals surface area (Å²) in [7, 11) is 0. The maximum atomic E-state index is 12.0. The van der Waals surface area contributed by atoms with Crippen LogP contribution in [0, 0.1) is 12.9 Å². The predicted molar refractivity (Wildman–Crippen MR) is 44.9 cm³/mol. The van der Waals surface area contributed by atoms with Crippen LogP contribution in [0.2, 0.25) is 0 Å². The lowest BCUT2D eigenvalue weighted by Crippen LogP contribution is -1.79. The first kappa shape index (κ1) is 10.1. The second kappa shape index (κ2) is 5.83. The number of rotatable bonds is 0. The Morgan fingerprint density at radius 2 is 1.91 bits per heavy atom. The number of halogens is 1. The minimum atomic E-state index is -0.421. The molecular weight excluding hydrogens is 141 g/mol. The van der Waals surface area contributed by atoms with Crippen molar-refractivity contribution in [3.63, 3.8) is 0 Å². The summed E-state index contributed by atoms with van der Waals surface area (Å²) >= 11 is 0. The SMILES string of the molecule is CCC.Cc1ccc(F)nc1. The van der Waals surface area contributed by atoms with Crippen LogP contribution in [0.3, 0.4) is 0 Å². The first-order valence-corrected chi connectivity index (χ1v) is 3.78. The molecule has 0 saturated carbocycles. The third-order valence-electron chi connectivity index (χ3n) is 0.875. The number of pyridine rings is 1. The van der Waals surface area contributed by atoms with E-state index in [9.17, 15) is 4.39 Å². The van der Waals surface area contributed by atoms with E-state index in [1.54, 1.807) is 6.07 Å². The van der Waals surface area contributed by atoms with Gasteiger partial charge in [-0.15, -0.1) is 0 Å². The van der Waals surface area contributed by atoms with Crippen LogP contribution in [0.15, 0.2) is 18.3 Å². The van der Waals surface area contributed by atoms with Crippen LogP contribution in [-0.2, 0) is 0 Å². The van der Waals surface area contributed by atoms with Gasteiger partial charge in [-0.3, -0.25) is 0 Å². The molecule has 0 aromatic carbocycles. The van der Waals surface area contributed by atoms with Crippen LogP contribution < -0.4 is 0 Å². The molecule has 0 unspecified atom stereocenters. The number of hydrogen-bond acceptors (Lipinski definition) is 1. The largest absolute Gasteiger partial charge is 0.228 e. The quantitative estimate of drug-likeness (QED) is 0.525. The van der Waals surface area contributed by atoms with E-state index in [0.717, 1.165) is 5.56 Å². The Hall–Kier alpha value is -0.920. The molecule has 0 N–H and O–H groups in total. The van der Waals surface area contributed by atoms with Gasteiger partial charge < -0.3 is 0 Å². The molecule has 1 heterocycles. The molecule has 2 heteroatoms. The lowest BCUT2D eigenvalue weighted by molar-refractivity contribution is 0.583. The Bertz CT molecular complexity index is 160. The van der Waals surface area contributed by atoms with Crippen LogP contribution in [-0.4, -0.2) is 4.98 Å². The lowest BCUT2D eigenvalue weighted by atomic mass is 10.3. The predicted octanol–water partition coefficient (Wildman–Crippen LogP) is 2.95. The summed E-state index contributed by atoms with van der Waals surface area (Å²) in [5.41, 5.74) is 0.978. The third-order valence-corrected chi connectivity index (χ3v) is 0.875. The van der Waals surface area contributed by atoms with Crippen molar-refractivity contribution in [3.8, 4) is 0 Å². The standard InChI is InChI=1S/C6H6FN.C3H8/c1-5-2-3-6(7)8-4-5;1-3-2/h2-4H,1H3;3H2,1-2H3. The molecule has 0 aliphatic rings. The molecule has 62 valence electrons. The summed E-state index contributed by atoms with van der Waals surface area (Å²) in [6, 6.07) is 3.03. The third kappa shape index (κ3) is 5.52. The molecule has 0 amide bonds. The fourth-order valence-corrected chi connectivity index (χ4v) is 0.450. The van der Waals surface area contributed by atoms with Gasteiger partial charge in [0.05, 0.1) is 0 Å². The summed E-state index contributed by atoms with van der Waals surface area (Å²) in [4.78, 5) is 3.41. The average Bonchev–Trinajstić information content (AvgIpc) is 1.97. The van der Waals surface area contributed by atoms with Gasteiger partial charge in [0.2, 0.25) is 5.95 Å². The number of nitrogens with zero attached hydrogens (tertiary/aromatic N) is 1. The zero-order valence-electron chi connectivity index (χ0n) is 7.26. The molecule has 0 saturated heterocycles. The van der Waals surface area contributed by atoms with Crippen molar-refractivity contribution in [2.45, 2.75) is 27.2 Å². The van der Waals surface area contributed by atoms with E-state index in [1.165, 1.54) is 18.7 Å². The van der Waals surface area contributed by atoms with Gasteiger partial charge in [0, 0.05) is 6.20 Å². The topological polar surface area (TPSA) is 12.9 Å². The monoisotopic (exact) mass is 155 g/mol. The van der Waals surface area contributed by atoms with Crippen molar-refractivity contribution in [1.82, 2.24) is 4.98 Å². The van der Waals surface area contributed by atoms with Crippen molar-refractivity contribution in [3.05, 3.63) is 29.8 Å². The van der Waals surface area contributed by atoms with Gasteiger partial charge in [0.25, 0.3) is 0 Å². The Morgan fingerprint density at radius 1 is 1.36 bits per heavy atom. The first-order valence-electron chi connectivity index (χ1n) is 3.78. The van der Waals surface area contributed by atoms with Crippen molar-refractivity contribution < 1.29 is 4.39 Å². The molecule has 0 fully saturated rings. The van der Waals surface area contributed by atoms with Crippen LogP contribution in [0.4, 0.5) is 4.39 Å². The molecule has 1 aromatic rings. The lowest BCUT2D eigenvalue weighted by Gasteiger charge is -1.86. The second-order valence-electron chi connectivity index (χ2n) is 2.37. The second-order valence-corrected chi connectivity index (χ2v) is 2.37. The average molecular weight is 155 g/mol. The Kier molecular flexibility index (Phi) is 5.35. The van der Waals surface area contributed by atoms with E-state index in [2.05, 4.69) is 18.8 Å². The van der Waals surface area contributed by atoms with Crippen LogP contribution >= 0.6 is 0 Å². The molecule has 0 bridgehead atoms. The maximum Gasteiger partial charge on any atom is 0.212 e. The molecule has 0 aliphatic carbocycles. The number of hydrogen-bond donors (Lipinski definition) is 0. The van der Waals surface area contributed by atoms with Crippen molar-refractivity contribution in [1.29, 1.82) is 0 Å². The summed E-state index contributed by atoms with van der Waals surface area (Å²) in [5.74, 6) is -0.421. The van der Waals surface area contributed by atoms with E-state index in [-0.39, 0.29) is 0 Å². The van der Waals surface area contributed by atoms with Crippen LogP contribution in [0.1, 0.15) is 25.8 Å². The molecule has 11 heavy (non-hydrogen) atoms. The van der Waals surface area contributed by atoms with E-state index in [1.807, 2.05) is 6.92 Å². The summed E-state index contributed by atoms with van der Waals surface area (Å²) < 4.78 is 12.0. The number of aromatic nitrogens is 1. The fraction of sp³-hybridized carbons (Fsp3) is 0.444. The van der Waals surface area contributed by atoms with E-state index < -0.39 is 5.95 Å². The fourth-order valence-electron chi connectivity index (χ4n) is 0.450. The van der Waals surface area contributed by atoms with Gasteiger partial charge in [0.15, 0.2) is 0 Å². The highest BCUT2D eigenvalue weighted by molar-refractivity contribution is 5.05. The van der Waals surface area contributed by atoms with Gasteiger partial charge >= 0.3 is 0 Å². The van der Waals surface area contributed by atoms with Crippen LogP contribution in [0.5, 0.6) is 0 Å². The Labute approximate surface area is 67.3 Å². The summed E-state index contributed by atoms with van der Waals surface area (Å²) in [6.45, 7) is 6.12. The smallest absolute Gasteiger partial charge is 0.212 e. The molecule has 0 aliphatic heterocycles. The summed E-state index contributed by atoms with van der Waals surface area (Å²) in [5, 5.41) is 0. The minimum absolute atomic E-state index is 0.421. The maximum absolute atomic E-state index is 12.0. The highest BCUT2D eigenvalue weighted by Crippen LogP contribution is 1.94. The van der Waals surface area contributed by atoms with E-state index in [4.69, 9.17) is 0 Å². The van der Waals surface area contributed by atoms with Crippen molar-refractivity contribution in [2.75, 3.05) is 0 Å². The van der Waals surface area contributed by atoms with Crippen molar-refractivity contribution >= 4 is 0 Å². The highest BCUT2D eigenvalue weighted by atomic mass is 19.1. The molecule has 1 aromatic heterocycles. The van der Waals surface area contributed by atoms with Gasteiger partial charge in [-0.2, -0.15) is 4.39 Å². The normalized spacial score (nSPS) is 8.36. The zero-order chi connectivity index (χ0) is 8.69. The molecule has 0 radical (unpaired) electrons.